The minimum Gasteiger partial charge on any atom is -0.490 e. The van der Waals surface area contributed by atoms with Crippen LogP contribution in [0.2, 0.25) is 0 Å². The number of fused-ring (bicyclic) bond motifs is 1. The van der Waals surface area contributed by atoms with Crippen LogP contribution < -0.4 is 15.0 Å². The molecule has 132 valence electrons. The topological polar surface area (TPSA) is 73.6 Å². The van der Waals surface area contributed by atoms with Gasteiger partial charge in [-0.25, -0.2) is 0 Å². The van der Waals surface area contributed by atoms with Gasteiger partial charge in [0.05, 0.1) is 18.8 Å². The quantitative estimate of drug-likeness (QED) is 0.764. The molecule has 2 heterocycles. The van der Waals surface area contributed by atoms with E-state index in [1.807, 2.05) is 42.5 Å². The highest BCUT2D eigenvalue weighted by atomic mass is 16.6. The Morgan fingerprint density at radius 1 is 1.12 bits per heavy atom. The molecule has 1 aromatic heterocycles. The van der Waals surface area contributed by atoms with Gasteiger partial charge in [0.25, 0.3) is 5.56 Å². The molecule has 2 aromatic carbocycles. The van der Waals surface area contributed by atoms with Crippen molar-refractivity contribution in [2.24, 2.45) is 0 Å². The lowest BCUT2D eigenvalue weighted by Crippen LogP contribution is -2.23. The van der Waals surface area contributed by atoms with Crippen molar-refractivity contribution in [3.05, 3.63) is 76.7 Å². The van der Waals surface area contributed by atoms with Crippen molar-refractivity contribution in [3.8, 4) is 22.9 Å². The van der Waals surface area contributed by atoms with Crippen molar-refractivity contribution in [3.63, 3.8) is 0 Å². The van der Waals surface area contributed by atoms with Crippen LogP contribution in [0.5, 0.6) is 11.8 Å². The lowest BCUT2D eigenvalue weighted by molar-refractivity contribution is 0.143. The summed E-state index contributed by atoms with van der Waals surface area (Å²) in [6.45, 7) is 0.580. The minimum atomic E-state index is -0.418. The Hall–Kier alpha value is -3.12. The van der Waals surface area contributed by atoms with Gasteiger partial charge in [0.1, 0.15) is 12.4 Å². The Balaban J connectivity index is 1.40. The molecule has 6 nitrogen and oxygen atoms in total. The van der Waals surface area contributed by atoms with Crippen molar-refractivity contribution < 1.29 is 14.6 Å². The number of nitrogens with zero attached hydrogens (tertiary/aromatic N) is 2. The SMILES string of the molecule is O=c1cc(CO)n2c(n1)O[C@H](COc1ccc(-c3ccccc3)cc1)C2. The molecule has 6 heteroatoms. The Morgan fingerprint density at radius 2 is 1.85 bits per heavy atom. The molecule has 0 unspecified atom stereocenters. The summed E-state index contributed by atoms with van der Waals surface area (Å²) in [5.41, 5.74) is 2.35. The maximum absolute atomic E-state index is 11.5. The summed E-state index contributed by atoms with van der Waals surface area (Å²) in [7, 11) is 0. The number of aliphatic hydroxyl groups is 1. The molecule has 3 aromatic rings. The molecule has 0 aliphatic carbocycles. The molecule has 1 aliphatic heterocycles. The average molecular weight is 350 g/mol. The van der Waals surface area contributed by atoms with Crippen molar-refractivity contribution in [2.75, 3.05) is 6.61 Å². The van der Waals surface area contributed by atoms with Gasteiger partial charge in [-0.3, -0.25) is 9.36 Å². The lowest BCUT2D eigenvalue weighted by Gasteiger charge is -2.11. The summed E-state index contributed by atoms with van der Waals surface area (Å²) in [5.74, 6) is 0.745. The van der Waals surface area contributed by atoms with Gasteiger partial charge in [0, 0.05) is 6.07 Å². The molecule has 0 amide bonds. The zero-order chi connectivity index (χ0) is 17.9. The van der Waals surface area contributed by atoms with Crippen LogP contribution in [-0.4, -0.2) is 27.4 Å². The third-order valence-electron chi connectivity index (χ3n) is 4.29. The predicted molar refractivity (Wildman–Crippen MR) is 96.2 cm³/mol. The van der Waals surface area contributed by atoms with Crippen molar-refractivity contribution in [1.82, 2.24) is 9.55 Å². The highest BCUT2D eigenvalue weighted by Gasteiger charge is 2.26. The second-order valence-corrected chi connectivity index (χ2v) is 6.08. The molecule has 1 atom stereocenters. The fraction of sp³-hybridized carbons (Fsp3) is 0.200. The third-order valence-corrected chi connectivity index (χ3v) is 4.29. The van der Waals surface area contributed by atoms with Crippen molar-refractivity contribution in [2.45, 2.75) is 19.3 Å². The van der Waals surface area contributed by atoms with Crippen molar-refractivity contribution >= 4 is 0 Å². The van der Waals surface area contributed by atoms with E-state index in [-0.39, 0.29) is 18.7 Å². The van der Waals surface area contributed by atoms with Gasteiger partial charge < -0.3 is 14.6 Å². The van der Waals surface area contributed by atoms with Gasteiger partial charge >= 0.3 is 6.01 Å². The van der Waals surface area contributed by atoms with E-state index in [0.717, 1.165) is 16.9 Å². The van der Waals surface area contributed by atoms with Gasteiger partial charge in [-0.2, -0.15) is 4.98 Å². The zero-order valence-corrected chi connectivity index (χ0v) is 14.0. The first-order valence-corrected chi connectivity index (χ1v) is 8.39. The molecule has 1 N–H and O–H groups in total. The molecule has 1 aliphatic rings. The van der Waals surface area contributed by atoms with Gasteiger partial charge in [0.2, 0.25) is 0 Å². The lowest BCUT2D eigenvalue weighted by atomic mass is 10.1. The first-order valence-electron chi connectivity index (χ1n) is 8.39. The van der Waals surface area contributed by atoms with Crippen LogP contribution in [-0.2, 0) is 13.2 Å². The molecule has 0 saturated heterocycles. The number of benzene rings is 2. The molecule has 0 radical (unpaired) electrons. The molecule has 0 bridgehead atoms. The molecule has 0 spiro atoms. The Bertz CT molecular complexity index is 952. The second kappa shape index (κ2) is 7.01. The van der Waals surface area contributed by atoms with E-state index in [2.05, 4.69) is 17.1 Å². The van der Waals surface area contributed by atoms with Crippen LogP contribution in [0.3, 0.4) is 0 Å². The number of aromatic nitrogens is 2. The standard InChI is InChI=1S/C20H18N2O4/c23-12-16-10-19(24)21-20-22(16)11-18(26-20)13-25-17-8-6-15(7-9-17)14-4-2-1-3-5-14/h1-10,18,23H,11-13H2/t18-/m0/s1. The van der Waals surface area contributed by atoms with Crippen molar-refractivity contribution in [1.29, 1.82) is 0 Å². The Labute approximate surface area is 150 Å². The molecule has 26 heavy (non-hydrogen) atoms. The fourth-order valence-electron chi connectivity index (χ4n) is 2.99. The third kappa shape index (κ3) is 3.32. The maximum atomic E-state index is 11.5. The number of ether oxygens (including phenoxy) is 2. The van der Waals surface area contributed by atoms with E-state index >= 15 is 0 Å². The average Bonchev–Trinajstić information content (AvgIpc) is 3.09. The van der Waals surface area contributed by atoms with E-state index in [1.165, 1.54) is 6.07 Å². The smallest absolute Gasteiger partial charge is 0.300 e. The largest absolute Gasteiger partial charge is 0.490 e. The summed E-state index contributed by atoms with van der Waals surface area (Å²) in [5, 5.41) is 9.37. The number of rotatable bonds is 5. The van der Waals surface area contributed by atoms with Crippen LogP contribution in [0.4, 0.5) is 0 Å². The fourth-order valence-corrected chi connectivity index (χ4v) is 2.99. The molecular formula is C20H18N2O4. The summed E-state index contributed by atoms with van der Waals surface area (Å²) >= 11 is 0. The van der Waals surface area contributed by atoms with E-state index in [4.69, 9.17) is 9.47 Å². The van der Waals surface area contributed by atoms with E-state index in [9.17, 15) is 9.90 Å². The van der Waals surface area contributed by atoms with Gasteiger partial charge in [0.15, 0.2) is 6.10 Å². The Kier molecular flexibility index (Phi) is 4.41. The highest BCUT2D eigenvalue weighted by Crippen LogP contribution is 2.24. The second-order valence-electron chi connectivity index (χ2n) is 6.08. The van der Waals surface area contributed by atoms with Gasteiger partial charge in [-0.05, 0) is 23.3 Å². The molecule has 0 fully saturated rings. The number of aliphatic hydroxyl groups excluding tert-OH is 1. The van der Waals surface area contributed by atoms with E-state index in [0.29, 0.717) is 18.8 Å². The van der Waals surface area contributed by atoms with Crippen LogP contribution in [0.1, 0.15) is 5.69 Å². The first-order chi connectivity index (χ1) is 12.7. The van der Waals surface area contributed by atoms with Crippen LogP contribution >= 0.6 is 0 Å². The summed E-state index contributed by atoms with van der Waals surface area (Å²) in [4.78, 5) is 15.3. The summed E-state index contributed by atoms with van der Waals surface area (Å²) in [6.07, 6.45) is -0.261. The molecular weight excluding hydrogens is 332 g/mol. The first kappa shape index (κ1) is 16.4. The molecule has 0 saturated carbocycles. The van der Waals surface area contributed by atoms with Gasteiger partial charge in [-0.1, -0.05) is 42.5 Å². The van der Waals surface area contributed by atoms with Crippen LogP contribution in [0, 0.1) is 0 Å². The predicted octanol–water partition coefficient (Wildman–Crippen LogP) is 2.24. The van der Waals surface area contributed by atoms with Crippen LogP contribution in [0.25, 0.3) is 11.1 Å². The number of hydrogen-bond donors (Lipinski definition) is 1. The minimum absolute atomic E-state index is 0.231. The highest BCUT2D eigenvalue weighted by molar-refractivity contribution is 5.63. The number of hydrogen-bond acceptors (Lipinski definition) is 5. The van der Waals surface area contributed by atoms with Gasteiger partial charge in [-0.15, -0.1) is 0 Å². The Morgan fingerprint density at radius 3 is 2.58 bits per heavy atom. The zero-order valence-electron chi connectivity index (χ0n) is 14.0. The van der Waals surface area contributed by atoms with E-state index in [1.54, 1.807) is 4.57 Å². The molecule has 4 rings (SSSR count). The van der Waals surface area contributed by atoms with Crippen LogP contribution in [0.15, 0.2) is 65.5 Å². The maximum Gasteiger partial charge on any atom is 0.300 e. The monoisotopic (exact) mass is 350 g/mol. The van der Waals surface area contributed by atoms with E-state index < -0.39 is 5.56 Å². The normalized spacial score (nSPS) is 15.3. The summed E-state index contributed by atoms with van der Waals surface area (Å²) < 4.78 is 13.2. The summed E-state index contributed by atoms with van der Waals surface area (Å²) in [6, 6.07) is 19.5.